The van der Waals surface area contributed by atoms with Crippen molar-refractivity contribution in [3.8, 4) is 11.3 Å². The van der Waals surface area contributed by atoms with E-state index in [0.717, 1.165) is 28.5 Å². The number of thioether (sulfide) groups is 1. The molecule has 5 heteroatoms. The predicted molar refractivity (Wildman–Crippen MR) is 111 cm³/mol. The molecule has 2 heterocycles. The Labute approximate surface area is 164 Å². The summed E-state index contributed by atoms with van der Waals surface area (Å²) in [7, 11) is 2.00. The van der Waals surface area contributed by atoms with E-state index in [1.165, 1.54) is 17.3 Å². The van der Waals surface area contributed by atoms with E-state index in [4.69, 9.17) is 0 Å². The maximum absolute atomic E-state index is 13.2. The highest BCUT2D eigenvalue weighted by atomic mass is 32.2. The van der Waals surface area contributed by atoms with Crippen LogP contribution in [0.25, 0.3) is 11.3 Å². The van der Waals surface area contributed by atoms with Crippen molar-refractivity contribution in [3.05, 3.63) is 66.4 Å². The number of hydrogen-bond acceptors (Lipinski definition) is 3. The SMILES string of the molecule is CC(Sc1ncc(-c2ccccc2)n1C)C(=O)N1c2ccccc2CC1C. The van der Waals surface area contributed by atoms with E-state index in [2.05, 4.69) is 34.7 Å². The quantitative estimate of drug-likeness (QED) is 0.626. The van der Waals surface area contributed by atoms with Gasteiger partial charge in [0.25, 0.3) is 0 Å². The fraction of sp³-hybridized carbons (Fsp3) is 0.273. The monoisotopic (exact) mass is 377 g/mol. The van der Waals surface area contributed by atoms with Crippen molar-refractivity contribution in [2.75, 3.05) is 4.90 Å². The number of rotatable bonds is 4. The van der Waals surface area contributed by atoms with Crippen LogP contribution < -0.4 is 4.90 Å². The van der Waals surface area contributed by atoms with Crippen LogP contribution in [0.15, 0.2) is 66.0 Å². The van der Waals surface area contributed by atoms with Crippen LogP contribution in [-0.4, -0.2) is 26.8 Å². The van der Waals surface area contributed by atoms with Gasteiger partial charge in [0.2, 0.25) is 5.91 Å². The van der Waals surface area contributed by atoms with Crippen LogP contribution in [0.2, 0.25) is 0 Å². The van der Waals surface area contributed by atoms with Crippen molar-refractivity contribution in [2.45, 2.75) is 36.7 Å². The first kappa shape index (κ1) is 17.9. The summed E-state index contributed by atoms with van der Waals surface area (Å²) < 4.78 is 2.06. The van der Waals surface area contributed by atoms with Crippen molar-refractivity contribution in [1.82, 2.24) is 9.55 Å². The molecule has 138 valence electrons. The molecule has 1 amide bonds. The Morgan fingerprint density at radius 3 is 2.63 bits per heavy atom. The van der Waals surface area contributed by atoms with Crippen LogP contribution >= 0.6 is 11.8 Å². The highest BCUT2D eigenvalue weighted by molar-refractivity contribution is 8.00. The van der Waals surface area contributed by atoms with Gasteiger partial charge in [-0.1, -0.05) is 60.3 Å². The van der Waals surface area contributed by atoms with Crippen molar-refractivity contribution < 1.29 is 4.79 Å². The van der Waals surface area contributed by atoms with Gasteiger partial charge in [-0.3, -0.25) is 4.79 Å². The first-order chi connectivity index (χ1) is 13.1. The van der Waals surface area contributed by atoms with Gasteiger partial charge in [-0.05, 0) is 37.5 Å². The van der Waals surface area contributed by atoms with Crippen LogP contribution in [0.1, 0.15) is 19.4 Å². The molecule has 0 saturated carbocycles. The maximum Gasteiger partial charge on any atom is 0.240 e. The van der Waals surface area contributed by atoms with E-state index in [1.54, 1.807) is 0 Å². The van der Waals surface area contributed by atoms with E-state index in [1.807, 2.05) is 61.5 Å². The molecule has 2 aromatic carbocycles. The molecule has 0 fully saturated rings. The summed E-state index contributed by atoms with van der Waals surface area (Å²) in [5, 5.41) is 0.651. The van der Waals surface area contributed by atoms with Gasteiger partial charge in [-0.25, -0.2) is 4.98 Å². The van der Waals surface area contributed by atoms with E-state index >= 15 is 0 Å². The van der Waals surface area contributed by atoms with Gasteiger partial charge in [-0.15, -0.1) is 0 Å². The first-order valence-electron chi connectivity index (χ1n) is 9.21. The fourth-order valence-corrected chi connectivity index (χ4v) is 4.59. The van der Waals surface area contributed by atoms with Gasteiger partial charge in [-0.2, -0.15) is 0 Å². The van der Waals surface area contributed by atoms with Crippen LogP contribution in [-0.2, 0) is 18.3 Å². The third-order valence-corrected chi connectivity index (χ3v) is 6.24. The summed E-state index contributed by atoms with van der Waals surface area (Å²) in [6.45, 7) is 4.08. The van der Waals surface area contributed by atoms with E-state index in [-0.39, 0.29) is 17.2 Å². The molecule has 4 nitrogen and oxygen atoms in total. The summed E-state index contributed by atoms with van der Waals surface area (Å²) >= 11 is 1.52. The second-order valence-corrected chi connectivity index (χ2v) is 8.31. The fourth-order valence-electron chi connectivity index (χ4n) is 3.68. The molecule has 1 aliphatic heterocycles. The zero-order chi connectivity index (χ0) is 19.0. The number of nitrogens with zero attached hydrogens (tertiary/aromatic N) is 3. The van der Waals surface area contributed by atoms with Crippen LogP contribution in [0.4, 0.5) is 5.69 Å². The highest BCUT2D eigenvalue weighted by Gasteiger charge is 2.33. The molecule has 2 atom stereocenters. The minimum absolute atomic E-state index is 0.140. The Balaban J connectivity index is 1.54. The lowest BCUT2D eigenvalue weighted by atomic mass is 10.1. The van der Waals surface area contributed by atoms with Gasteiger partial charge in [0.1, 0.15) is 0 Å². The Kier molecular flexibility index (Phi) is 4.79. The zero-order valence-electron chi connectivity index (χ0n) is 15.8. The molecule has 0 aliphatic carbocycles. The summed E-state index contributed by atoms with van der Waals surface area (Å²) in [6.07, 6.45) is 2.79. The number of imidazole rings is 1. The number of amides is 1. The smallest absolute Gasteiger partial charge is 0.240 e. The number of anilines is 1. The van der Waals surface area contributed by atoms with Crippen molar-refractivity contribution in [2.24, 2.45) is 7.05 Å². The molecule has 0 radical (unpaired) electrons. The number of carbonyl (C=O) groups is 1. The molecule has 0 saturated heterocycles. The molecule has 0 spiro atoms. The highest BCUT2D eigenvalue weighted by Crippen LogP contribution is 2.35. The minimum atomic E-state index is -0.205. The van der Waals surface area contributed by atoms with Crippen molar-refractivity contribution in [1.29, 1.82) is 0 Å². The average molecular weight is 378 g/mol. The number of hydrogen-bond donors (Lipinski definition) is 0. The third-order valence-electron chi connectivity index (χ3n) is 5.09. The molecule has 1 aliphatic rings. The van der Waals surface area contributed by atoms with E-state index in [9.17, 15) is 4.79 Å². The Morgan fingerprint density at radius 1 is 1.15 bits per heavy atom. The van der Waals surface area contributed by atoms with Crippen LogP contribution in [0.3, 0.4) is 0 Å². The van der Waals surface area contributed by atoms with E-state index < -0.39 is 0 Å². The van der Waals surface area contributed by atoms with E-state index in [0.29, 0.717) is 0 Å². The lowest BCUT2D eigenvalue weighted by Gasteiger charge is -2.25. The van der Waals surface area contributed by atoms with Gasteiger partial charge in [0.15, 0.2) is 5.16 Å². The number of para-hydroxylation sites is 1. The summed E-state index contributed by atoms with van der Waals surface area (Å²) in [5.41, 5.74) is 4.48. The Morgan fingerprint density at radius 2 is 1.85 bits per heavy atom. The Bertz CT molecular complexity index is 967. The topological polar surface area (TPSA) is 38.1 Å². The minimum Gasteiger partial charge on any atom is -0.322 e. The number of benzene rings is 2. The predicted octanol–water partition coefficient (Wildman–Crippen LogP) is 4.55. The summed E-state index contributed by atoms with van der Waals surface area (Å²) in [4.78, 5) is 19.7. The standard InChI is InChI=1S/C22H23N3OS/c1-15-13-18-11-7-8-12-19(18)25(15)21(26)16(2)27-22-23-14-20(24(22)3)17-9-5-4-6-10-17/h4-12,14-16H,13H2,1-3H3. The molecule has 3 aromatic rings. The molecule has 0 bridgehead atoms. The van der Waals surface area contributed by atoms with Gasteiger partial charge in [0.05, 0.1) is 17.1 Å². The first-order valence-corrected chi connectivity index (χ1v) is 10.1. The van der Waals surface area contributed by atoms with Crippen molar-refractivity contribution >= 4 is 23.4 Å². The summed E-state index contributed by atoms with van der Waals surface area (Å²) in [5.74, 6) is 0.140. The van der Waals surface area contributed by atoms with Crippen LogP contribution in [0.5, 0.6) is 0 Å². The van der Waals surface area contributed by atoms with Gasteiger partial charge >= 0.3 is 0 Å². The Hall–Kier alpha value is -2.53. The van der Waals surface area contributed by atoms with Gasteiger partial charge in [0, 0.05) is 18.8 Å². The third kappa shape index (κ3) is 3.28. The lowest BCUT2D eigenvalue weighted by Crippen LogP contribution is -2.40. The second kappa shape index (κ2) is 7.24. The van der Waals surface area contributed by atoms with Crippen molar-refractivity contribution in [3.63, 3.8) is 0 Å². The molecule has 0 N–H and O–H groups in total. The molecular weight excluding hydrogens is 354 g/mol. The molecule has 27 heavy (non-hydrogen) atoms. The normalized spacial score (nSPS) is 17.0. The number of fused-ring (bicyclic) bond motifs is 1. The molecule has 4 rings (SSSR count). The largest absolute Gasteiger partial charge is 0.322 e. The maximum atomic E-state index is 13.2. The summed E-state index contributed by atoms with van der Waals surface area (Å²) in [6, 6.07) is 18.6. The number of aromatic nitrogens is 2. The van der Waals surface area contributed by atoms with Gasteiger partial charge < -0.3 is 9.47 Å². The number of carbonyl (C=O) groups excluding carboxylic acids is 1. The molecule has 2 unspecified atom stereocenters. The van der Waals surface area contributed by atoms with Crippen LogP contribution in [0, 0.1) is 0 Å². The second-order valence-electron chi connectivity index (χ2n) is 7.00. The molecular formula is C22H23N3OS. The average Bonchev–Trinajstić information content (AvgIpc) is 3.21. The molecule has 1 aromatic heterocycles. The lowest BCUT2D eigenvalue weighted by molar-refractivity contribution is -0.118. The zero-order valence-corrected chi connectivity index (χ0v) is 16.6.